The van der Waals surface area contributed by atoms with E-state index < -0.39 is 0 Å². The van der Waals surface area contributed by atoms with Crippen molar-refractivity contribution in [2.75, 3.05) is 5.32 Å². The lowest BCUT2D eigenvalue weighted by molar-refractivity contribution is -0.115. The number of nitrogens with zero attached hydrogens (tertiary/aromatic N) is 1. The van der Waals surface area contributed by atoms with Gasteiger partial charge in [0.15, 0.2) is 0 Å². The van der Waals surface area contributed by atoms with Gasteiger partial charge in [-0.1, -0.05) is 44.2 Å². The van der Waals surface area contributed by atoms with Gasteiger partial charge in [0.2, 0.25) is 5.91 Å². The Morgan fingerprint density at radius 2 is 1.80 bits per heavy atom. The molecule has 4 nitrogen and oxygen atoms in total. The summed E-state index contributed by atoms with van der Waals surface area (Å²) in [6.45, 7) is 4.05. The van der Waals surface area contributed by atoms with E-state index >= 15 is 0 Å². The second-order valence-electron chi connectivity index (χ2n) is 6.23. The van der Waals surface area contributed by atoms with Gasteiger partial charge in [0.25, 0.3) is 0 Å². The van der Waals surface area contributed by atoms with E-state index in [9.17, 15) is 9.18 Å². The highest BCUT2D eigenvalue weighted by atomic mass is 19.1. The molecule has 2 N–H and O–H groups in total. The SMILES string of the molecule is CC(C)c1[nH]nc(-c2ccc(F)cc2)c1NC(=O)Cc1ccccc1. The number of H-pyrrole nitrogens is 1. The highest BCUT2D eigenvalue weighted by molar-refractivity contribution is 5.96. The maximum atomic E-state index is 13.2. The molecule has 128 valence electrons. The first-order valence-electron chi connectivity index (χ1n) is 8.22. The first-order valence-corrected chi connectivity index (χ1v) is 8.22. The van der Waals surface area contributed by atoms with Crippen LogP contribution in [0.15, 0.2) is 54.6 Å². The summed E-state index contributed by atoms with van der Waals surface area (Å²) in [5, 5.41) is 10.3. The van der Waals surface area contributed by atoms with E-state index in [0.29, 0.717) is 11.4 Å². The number of carbonyl (C=O) groups is 1. The molecule has 1 aromatic heterocycles. The van der Waals surface area contributed by atoms with Crippen LogP contribution in [0.1, 0.15) is 31.0 Å². The number of rotatable bonds is 5. The molecular formula is C20H20FN3O. The summed E-state index contributed by atoms with van der Waals surface area (Å²) in [6, 6.07) is 15.6. The molecule has 0 atom stereocenters. The van der Waals surface area contributed by atoms with E-state index in [1.807, 2.05) is 44.2 Å². The van der Waals surface area contributed by atoms with Crippen molar-refractivity contribution in [1.29, 1.82) is 0 Å². The van der Waals surface area contributed by atoms with Gasteiger partial charge >= 0.3 is 0 Å². The van der Waals surface area contributed by atoms with E-state index in [0.717, 1.165) is 16.8 Å². The van der Waals surface area contributed by atoms with Crippen LogP contribution in [0.2, 0.25) is 0 Å². The number of hydrogen-bond donors (Lipinski definition) is 2. The highest BCUT2D eigenvalue weighted by Crippen LogP contribution is 2.32. The van der Waals surface area contributed by atoms with Crippen LogP contribution < -0.4 is 5.32 Å². The third-order valence-electron chi connectivity index (χ3n) is 3.96. The number of hydrogen-bond acceptors (Lipinski definition) is 2. The Balaban J connectivity index is 1.89. The Labute approximate surface area is 146 Å². The number of carbonyl (C=O) groups excluding carboxylic acids is 1. The van der Waals surface area contributed by atoms with Crippen LogP contribution in [-0.4, -0.2) is 16.1 Å². The molecule has 0 aliphatic carbocycles. The van der Waals surface area contributed by atoms with Crippen molar-refractivity contribution in [3.8, 4) is 11.3 Å². The van der Waals surface area contributed by atoms with Crippen molar-refractivity contribution in [3.05, 3.63) is 71.7 Å². The molecular weight excluding hydrogens is 317 g/mol. The molecule has 1 amide bonds. The van der Waals surface area contributed by atoms with Crippen molar-refractivity contribution in [3.63, 3.8) is 0 Å². The fourth-order valence-corrected chi connectivity index (χ4v) is 2.68. The van der Waals surface area contributed by atoms with Gasteiger partial charge < -0.3 is 5.32 Å². The molecule has 2 aromatic carbocycles. The van der Waals surface area contributed by atoms with Crippen molar-refractivity contribution in [2.45, 2.75) is 26.2 Å². The summed E-state index contributed by atoms with van der Waals surface area (Å²) in [5.74, 6) is -0.260. The van der Waals surface area contributed by atoms with Gasteiger partial charge in [-0.3, -0.25) is 9.89 Å². The zero-order valence-electron chi connectivity index (χ0n) is 14.2. The molecule has 25 heavy (non-hydrogen) atoms. The van der Waals surface area contributed by atoms with Crippen LogP contribution >= 0.6 is 0 Å². The quantitative estimate of drug-likeness (QED) is 0.719. The Morgan fingerprint density at radius 3 is 2.44 bits per heavy atom. The van der Waals surface area contributed by atoms with Crippen molar-refractivity contribution in [1.82, 2.24) is 10.2 Å². The number of nitrogens with one attached hydrogen (secondary N) is 2. The third kappa shape index (κ3) is 3.94. The van der Waals surface area contributed by atoms with Gasteiger partial charge in [0.1, 0.15) is 11.5 Å². The lowest BCUT2D eigenvalue weighted by atomic mass is 10.0. The maximum Gasteiger partial charge on any atom is 0.228 e. The lowest BCUT2D eigenvalue weighted by Crippen LogP contribution is -2.16. The zero-order valence-corrected chi connectivity index (χ0v) is 14.2. The molecule has 3 aromatic rings. The molecule has 3 rings (SSSR count). The van der Waals surface area contributed by atoms with Crippen LogP contribution in [0, 0.1) is 5.82 Å². The summed E-state index contributed by atoms with van der Waals surface area (Å²) < 4.78 is 13.2. The maximum absolute atomic E-state index is 13.2. The van der Waals surface area contributed by atoms with Gasteiger partial charge in [0, 0.05) is 5.56 Å². The predicted molar refractivity (Wildman–Crippen MR) is 96.8 cm³/mol. The summed E-state index contributed by atoms with van der Waals surface area (Å²) in [5.41, 5.74) is 3.81. The Morgan fingerprint density at radius 1 is 1.12 bits per heavy atom. The normalized spacial score (nSPS) is 10.9. The monoisotopic (exact) mass is 337 g/mol. The molecule has 1 heterocycles. The van der Waals surface area contributed by atoms with Crippen LogP contribution in [0.3, 0.4) is 0 Å². The smallest absolute Gasteiger partial charge is 0.228 e. The molecule has 0 saturated heterocycles. The summed E-state index contributed by atoms with van der Waals surface area (Å²) in [7, 11) is 0. The van der Waals surface area contributed by atoms with Gasteiger partial charge in [-0.15, -0.1) is 0 Å². The molecule has 0 saturated carbocycles. The van der Waals surface area contributed by atoms with E-state index in [-0.39, 0.29) is 24.1 Å². The molecule has 5 heteroatoms. The fourth-order valence-electron chi connectivity index (χ4n) is 2.68. The lowest BCUT2D eigenvalue weighted by Gasteiger charge is -2.10. The van der Waals surface area contributed by atoms with Crippen LogP contribution in [-0.2, 0) is 11.2 Å². The second kappa shape index (κ2) is 7.30. The molecule has 0 aliphatic heterocycles. The fraction of sp³-hybridized carbons (Fsp3) is 0.200. The first-order chi connectivity index (χ1) is 12.0. The molecule has 0 bridgehead atoms. The zero-order chi connectivity index (χ0) is 17.8. The third-order valence-corrected chi connectivity index (χ3v) is 3.96. The summed E-state index contributed by atoms with van der Waals surface area (Å²) >= 11 is 0. The second-order valence-corrected chi connectivity index (χ2v) is 6.23. The minimum Gasteiger partial charge on any atom is -0.322 e. The van der Waals surface area contributed by atoms with E-state index in [1.165, 1.54) is 12.1 Å². The van der Waals surface area contributed by atoms with Crippen LogP contribution in [0.5, 0.6) is 0 Å². The molecule has 0 unspecified atom stereocenters. The minimum atomic E-state index is -0.307. The number of aromatic nitrogens is 2. The van der Waals surface area contributed by atoms with Crippen LogP contribution in [0.25, 0.3) is 11.3 Å². The van der Waals surface area contributed by atoms with Crippen LogP contribution in [0.4, 0.5) is 10.1 Å². The molecule has 0 spiro atoms. The van der Waals surface area contributed by atoms with E-state index in [4.69, 9.17) is 0 Å². The van der Waals surface area contributed by atoms with Gasteiger partial charge in [0.05, 0.1) is 17.8 Å². The molecule has 0 aliphatic rings. The number of benzene rings is 2. The molecule has 0 radical (unpaired) electrons. The standard InChI is InChI=1S/C20H20FN3O/c1-13(2)18-20(22-17(25)12-14-6-4-3-5-7-14)19(24-23-18)15-8-10-16(21)11-9-15/h3-11,13H,12H2,1-2H3,(H,22,25)(H,23,24). The van der Waals surface area contributed by atoms with E-state index in [1.54, 1.807) is 12.1 Å². The topological polar surface area (TPSA) is 57.8 Å². The van der Waals surface area contributed by atoms with Crippen molar-refractivity contribution >= 4 is 11.6 Å². The highest BCUT2D eigenvalue weighted by Gasteiger charge is 2.19. The van der Waals surface area contributed by atoms with Gasteiger partial charge in [-0.2, -0.15) is 5.10 Å². The van der Waals surface area contributed by atoms with E-state index in [2.05, 4.69) is 15.5 Å². The summed E-state index contributed by atoms with van der Waals surface area (Å²) in [6.07, 6.45) is 0.284. The largest absolute Gasteiger partial charge is 0.322 e. The first kappa shape index (κ1) is 16.9. The number of aromatic amines is 1. The van der Waals surface area contributed by atoms with Gasteiger partial charge in [-0.25, -0.2) is 4.39 Å². The molecule has 0 fully saturated rings. The van der Waals surface area contributed by atoms with Crippen molar-refractivity contribution < 1.29 is 9.18 Å². The Hall–Kier alpha value is -2.95. The van der Waals surface area contributed by atoms with Crippen molar-refractivity contribution in [2.24, 2.45) is 0 Å². The predicted octanol–water partition coefficient (Wildman–Crippen LogP) is 4.52. The number of amides is 1. The summed E-state index contributed by atoms with van der Waals surface area (Å²) in [4.78, 5) is 12.5. The van der Waals surface area contributed by atoms with Gasteiger partial charge in [-0.05, 0) is 35.7 Å². The minimum absolute atomic E-state index is 0.113. The number of anilines is 1. The average Bonchev–Trinajstić information content (AvgIpc) is 3.00. The average molecular weight is 337 g/mol. The Kier molecular flexibility index (Phi) is 4.93. The Bertz CT molecular complexity index is 854. The number of halogens is 1.